The van der Waals surface area contributed by atoms with Gasteiger partial charge in [-0.25, -0.2) is 0 Å². The maximum Gasteiger partial charge on any atom is 0.313 e. The Morgan fingerprint density at radius 2 is 2.12 bits per heavy atom. The van der Waals surface area contributed by atoms with E-state index in [1.54, 1.807) is 0 Å². The molecule has 0 amide bonds. The van der Waals surface area contributed by atoms with Crippen molar-refractivity contribution in [1.29, 1.82) is 0 Å². The fraction of sp³-hybridized carbons (Fsp3) is 0.923. The molecule has 0 aromatic heterocycles. The molecule has 0 radical (unpaired) electrons. The summed E-state index contributed by atoms with van der Waals surface area (Å²) in [5, 5.41) is 0. The van der Waals surface area contributed by atoms with E-state index in [-0.39, 0.29) is 24.0 Å². The lowest BCUT2D eigenvalue weighted by Gasteiger charge is -2.31. The molecule has 4 heteroatoms. The lowest BCUT2D eigenvalue weighted by molar-refractivity contribution is -0.159. The number of nitrogens with two attached hydrogens (primary N) is 1. The molecule has 98 valence electrons. The van der Waals surface area contributed by atoms with Crippen LogP contribution in [0.15, 0.2) is 0 Å². The quantitative estimate of drug-likeness (QED) is 0.760. The molecule has 4 unspecified atom stereocenters. The summed E-state index contributed by atoms with van der Waals surface area (Å²) in [5.74, 6) is 0.126. The van der Waals surface area contributed by atoms with Crippen LogP contribution in [0.5, 0.6) is 0 Å². The Kier molecular flexibility index (Phi) is 4.40. The van der Waals surface area contributed by atoms with Gasteiger partial charge in [0.2, 0.25) is 0 Å². The molecule has 2 fully saturated rings. The number of hydrogen-bond donors (Lipinski definition) is 1. The number of rotatable bonds is 3. The molecule has 1 saturated heterocycles. The van der Waals surface area contributed by atoms with Crippen molar-refractivity contribution in [2.24, 2.45) is 17.6 Å². The highest BCUT2D eigenvalue weighted by molar-refractivity contribution is 5.74. The molecule has 2 N–H and O–H groups in total. The van der Waals surface area contributed by atoms with E-state index in [1.807, 2.05) is 0 Å². The van der Waals surface area contributed by atoms with Crippen LogP contribution in [0.3, 0.4) is 0 Å². The lowest BCUT2D eigenvalue weighted by Crippen LogP contribution is -2.39. The van der Waals surface area contributed by atoms with Gasteiger partial charge in [-0.05, 0) is 31.6 Å². The number of esters is 1. The van der Waals surface area contributed by atoms with E-state index in [4.69, 9.17) is 15.2 Å². The molecule has 1 aliphatic heterocycles. The van der Waals surface area contributed by atoms with Crippen LogP contribution in [-0.2, 0) is 14.3 Å². The van der Waals surface area contributed by atoms with Gasteiger partial charge in [-0.3, -0.25) is 4.79 Å². The average Bonchev–Trinajstić information content (AvgIpc) is 2.76. The standard InChI is InChI=1S/C13H23NO3/c1-2-9-5-3-4-6-12(9)17-13(15)10-7-16-8-11(10)14/h9-12H,2-8,14H2,1H3. The van der Waals surface area contributed by atoms with Crippen molar-refractivity contribution in [1.82, 2.24) is 0 Å². The molecular weight excluding hydrogens is 218 g/mol. The van der Waals surface area contributed by atoms with Crippen molar-refractivity contribution in [2.75, 3.05) is 13.2 Å². The first-order valence-corrected chi connectivity index (χ1v) is 6.76. The molecule has 0 aromatic rings. The Bertz CT molecular complexity index is 269. The van der Waals surface area contributed by atoms with Gasteiger partial charge >= 0.3 is 5.97 Å². The minimum atomic E-state index is -0.255. The highest BCUT2D eigenvalue weighted by atomic mass is 16.6. The molecule has 17 heavy (non-hydrogen) atoms. The molecule has 1 heterocycles. The topological polar surface area (TPSA) is 61.5 Å². The predicted octanol–water partition coefficient (Wildman–Crippen LogP) is 1.47. The first-order valence-electron chi connectivity index (χ1n) is 6.76. The summed E-state index contributed by atoms with van der Waals surface area (Å²) in [6, 6.07) is -0.189. The molecule has 2 rings (SSSR count). The third-order valence-corrected chi connectivity index (χ3v) is 4.06. The van der Waals surface area contributed by atoms with Gasteiger partial charge in [-0.1, -0.05) is 13.3 Å². The van der Waals surface area contributed by atoms with Gasteiger partial charge in [0.15, 0.2) is 0 Å². The van der Waals surface area contributed by atoms with Gasteiger partial charge in [-0.2, -0.15) is 0 Å². The number of hydrogen-bond acceptors (Lipinski definition) is 4. The van der Waals surface area contributed by atoms with Crippen molar-refractivity contribution >= 4 is 5.97 Å². The molecule has 1 aliphatic carbocycles. The molecule has 0 bridgehead atoms. The molecule has 4 atom stereocenters. The SMILES string of the molecule is CCC1CCCCC1OC(=O)C1COCC1N. The second kappa shape index (κ2) is 5.83. The highest BCUT2D eigenvalue weighted by Crippen LogP contribution is 2.30. The van der Waals surface area contributed by atoms with Crippen molar-refractivity contribution in [3.8, 4) is 0 Å². The van der Waals surface area contributed by atoms with Gasteiger partial charge < -0.3 is 15.2 Å². The van der Waals surface area contributed by atoms with Crippen molar-refractivity contribution in [3.05, 3.63) is 0 Å². The molecular formula is C13H23NO3. The summed E-state index contributed by atoms with van der Waals surface area (Å²) < 4.78 is 10.9. The van der Waals surface area contributed by atoms with E-state index in [9.17, 15) is 4.79 Å². The van der Waals surface area contributed by atoms with Crippen molar-refractivity contribution < 1.29 is 14.3 Å². The first kappa shape index (κ1) is 12.8. The summed E-state index contributed by atoms with van der Waals surface area (Å²) in [5.41, 5.74) is 5.83. The maximum absolute atomic E-state index is 12.0. The van der Waals surface area contributed by atoms with Gasteiger partial charge in [-0.15, -0.1) is 0 Å². The predicted molar refractivity (Wildman–Crippen MR) is 64.4 cm³/mol. The summed E-state index contributed by atoms with van der Waals surface area (Å²) in [6.45, 7) is 3.06. The molecule has 0 aromatic carbocycles. The highest BCUT2D eigenvalue weighted by Gasteiger charge is 2.35. The molecule has 1 saturated carbocycles. The summed E-state index contributed by atoms with van der Waals surface area (Å²) >= 11 is 0. The van der Waals surface area contributed by atoms with Crippen molar-refractivity contribution in [2.45, 2.75) is 51.2 Å². The first-order chi connectivity index (χ1) is 8.22. The maximum atomic E-state index is 12.0. The normalized spacial score (nSPS) is 38.0. The Morgan fingerprint density at radius 1 is 1.35 bits per heavy atom. The van der Waals surface area contributed by atoms with E-state index in [2.05, 4.69) is 6.92 Å². The largest absolute Gasteiger partial charge is 0.462 e. The van der Waals surface area contributed by atoms with Crippen LogP contribution in [-0.4, -0.2) is 31.3 Å². The minimum Gasteiger partial charge on any atom is -0.462 e. The Morgan fingerprint density at radius 3 is 2.76 bits per heavy atom. The fourth-order valence-electron chi connectivity index (χ4n) is 2.85. The van der Waals surface area contributed by atoms with Crippen LogP contribution in [0.25, 0.3) is 0 Å². The van der Waals surface area contributed by atoms with E-state index in [0.717, 1.165) is 12.8 Å². The average molecular weight is 241 g/mol. The van der Waals surface area contributed by atoms with E-state index in [1.165, 1.54) is 19.3 Å². The van der Waals surface area contributed by atoms with Crippen LogP contribution >= 0.6 is 0 Å². The molecule has 4 nitrogen and oxygen atoms in total. The van der Waals surface area contributed by atoms with Gasteiger partial charge in [0, 0.05) is 6.04 Å². The van der Waals surface area contributed by atoms with E-state index >= 15 is 0 Å². The Hall–Kier alpha value is -0.610. The van der Waals surface area contributed by atoms with Gasteiger partial charge in [0.05, 0.1) is 19.1 Å². The number of carbonyl (C=O) groups is 1. The minimum absolute atomic E-state index is 0.106. The van der Waals surface area contributed by atoms with Crippen LogP contribution in [0.4, 0.5) is 0 Å². The third-order valence-electron chi connectivity index (χ3n) is 4.06. The fourth-order valence-corrected chi connectivity index (χ4v) is 2.85. The van der Waals surface area contributed by atoms with E-state index < -0.39 is 0 Å². The zero-order valence-corrected chi connectivity index (χ0v) is 10.6. The summed E-state index contributed by atoms with van der Waals surface area (Å²) in [7, 11) is 0. The third kappa shape index (κ3) is 2.99. The Balaban J connectivity index is 1.88. The summed E-state index contributed by atoms with van der Waals surface area (Å²) in [4.78, 5) is 12.0. The van der Waals surface area contributed by atoms with Crippen LogP contribution in [0.1, 0.15) is 39.0 Å². The number of ether oxygens (including phenoxy) is 2. The zero-order chi connectivity index (χ0) is 12.3. The zero-order valence-electron chi connectivity index (χ0n) is 10.6. The van der Waals surface area contributed by atoms with Crippen LogP contribution < -0.4 is 5.73 Å². The van der Waals surface area contributed by atoms with E-state index in [0.29, 0.717) is 19.1 Å². The van der Waals surface area contributed by atoms with Crippen LogP contribution in [0, 0.1) is 11.8 Å². The van der Waals surface area contributed by atoms with Gasteiger partial charge in [0.1, 0.15) is 6.10 Å². The molecule has 2 aliphatic rings. The molecule has 0 spiro atoms. The van der Waals surface area contributed by atoms with Crippen LogP contribution in [0.2, 0.25) is 0 Å². The number of carbonyl (C=O) groups excluding carboxylic acids is 1. The smallest absolute Gasteiger partial charge is 0.313 e. The lowest BCUT2D eigenvalue weighted by atomic mass is 9.84. The summed E-state index contributed by atoms with van der Waals surface area (Å²) in [6.07, 6.45) is 5.81. The second-order valence-corrected chi connectivity index (χ2v) is 5.24. The Labute approximate surface area is 103 Å². The second-order valence-electron chi connectivity index (χ2n) is 5.24. The van der Waals surface area contributed by atoms with Crippen molar-refractivity contribution in [3.63, 3.8) is 0 Å². The van der Waals surface area contributed by atoms with Gasteiger partial charge in [0.25, 0.3) is 0 Å². The monoisotopic (exact) mass is 241 g/mol.